The van der Waals surface area contributed by atoms with Crippen molar-refractivity contribution in [3.63, 3.8) is 0 Å². The Labute approximate surface area is 225 Å². The third kappa shape index (κ3) is 5.68. The van der Waals surface area contributed by atoms with Gasteiger partial charge in [-0.05, 0) is 80.8 Å². The van der Waals surface area contributed by atoms with Gasteiger partial charge in [0.05, 0.1) is 39.9 Å². The topological polar surface area (TPSA) is 109 Å². The third-order valence-corrected chi connectivity index (χ3v) is 10.3. The average molecular weight is 562 g/mol. The number of alkyl halides is 3. The predicted molar refractivity (Wildman–Crippen MR) is 136 cm³/mol. The maximum atomic E-state index is 14.2. The highest BCUT2D eigenvalue weighted by Crippen LogP contribution is 2.44. The van der Waals surface area contributed by atoms with Crippen LogP contribution in [0.4, 0.5) is 13.2 Å². The van der Waals surface area contributed by atoms with Crippen LogP contribution in [0, 0.1) is 24.2 Å². The molecule has 1 aromatic heterocycles. The van der Waals surface area contributed by atoms with E-state index in [2.05, 4.69) is 16.4 Å². The molecule has 3 atom stereocenters. The van der Waals surface area contributed by atoms with Crippen molar-refractivity contribution >= 4 is 15.7 Å². The van der Waals surface area contributed by atoms with Crippen molar-refractivity contribution in [1.29, 1.82) is 5.26 Å². The van der Waals surface area contributed by atoms with Gasteiger partial charge in [0.25, 0.3) is 0 Å². The lowest BCUT2D eigenvalue weighted by molar-refractivity contribution is -0.139. The predicted octanol–water partition coefficient (Wildman–Crippen LogP) is 5.13. The van der Waals surface area contributed by atoms with Crippen LogP contribution in [-0.4, -0.2) is 42.3 Å². The quantitative estimate of drug-likeness (QED) is 0.502. The largest absolute Gasteiger partial charge is 0.417 e. The molecular formula is C28H30F3N3O4S. The van der Waals surface area contributed by atoms with Crippen LogP contribution in [0.1, 0.15) is 62.6 Å². The molecule has 208 valence electrons. The Kier molecular flexibility index (Phi) is 7.22. The van der Waals surface area contributed by atoms with Crippen molar-refractivity contribution in [3.8, 4) is 17.2 Å². The van der Waals surface area contributed by atoms with Crippen molar-refractivity contribution in [3.05, 3.63) is 47.8 Å². The molecule has 1 aromatic carbocycles. The molecule has 3 fully saturated rings. The van der Waals surface area contributed by atoms with Crippen LogP contribution in [0.15, 0.2) is 41.4 Å². The summed E-state index contributed by atoms with van der Waals surface area (Å²) in [5, 5.41) is 10.9. The van der Waals surface area contributed by atoms with Crippen molar-refractivity contribution in [2.75, 3.05) is 0 Å². The first-order valence-electron chi connectivity index (χ1n) is 13.2. The SMILES string of the molecule is Cc1cc(-c2ccc(S(=O)(=O)C3C[C@@H](OC4CCCC4)[C@H](C(=O)NC4(C#N)CC4)C3)c(C(F)(F)F)c2)ccn1. The Morgan fingerprint density at radius 2 is 1.82 bits per heavy atom. The molecule has 0 saturated heterocycles. The van der Waals surface area contributed by atoms with Gasteiger partial charge in [-0.1, -0.05) is 18.9 Å². The third-order valence-electron chi connectivity index (χ3n) is 8.05. The molecule has 3 aliphatic rings. The van der Waals surface area contributed by atoms with Gasteiger partial charge in [0.1, 0.15) is 5.54 Å². The molecule has 7 nitrogen and oxygen atoms in total. The van der Waals surface area contributed by atoms with E-state index < -0.39 is 55.2 Å². The van der Waals surface area contributed by atoms with E-state index in [-0.39, 0.29) is 24.5 Å². The number of nitrogens with one attached hydrogen (secondary N) is 1. The maximum absolute atomic E-state index is 14.2. The summed E-state index contributed by atoms with van der Waals surface area (Å²) in [4.78, 5) is 16.4. The fourth-order valence-corrected chi connectivity index (χ4v) is 7.71. The van der Waals surface area contributed by atoms with Gasteiger partial charge in [-0.15, -0.1) is 0 Å². The number of nitrogens with zero attached hydrogens (tertiary/aromatic N) is 2. The smallest absolute Gasteiger partial charge is 0.374 e. The molecule has 1 unspecified atom stereocenters. The number of carbonyl (C=O) groups is 1. The summed E-state index contributed by atoms with van der Waals surface area (Å²) < 4.78 is 76.4. The molecule has 0 radical (unpaired) electrons. The zero-order valence-corrected chi connectivity index (χ0v) is 22.3. The second-order valence-electron chi connectivity index (χ2n) is 10.9. The summed E-state index contributed by atoms with van der Waals surface area (Å²) in [6.45, 7) is 1.71. The molecule has 1 N–H and O–H groups in total. The lowest BCUT2D eigenvalue weighted by Crippen LogP contribution is -2.43. The summed E-state index contributed by atoms with van der Waals surface area (Å²) in [5.41, 5.74) is -0.853. The van der Waals surface area contributed by atoms with Crippen LogP contribution in [0.3, 0.4) is 0 Å². The Bertz CT molecular complexity index is 1410. The fraction of sp³-hybridized carbons (Fsp3) is 0.536. The summed E-state index contributed by atoms with van der Waals surface area (Å²) in [7, 11) is -4.48. The van der Waals surface area contributed by atoms with E-state index in [0.29, 0.717) is 24.1 Å². The number of amides is 1. The Balaban J connectivity index is 1.47. The first-order chi connectivity index (χ1) is 18.4. The zero-order chi connectivity index (χ0) is 28.0. The number of pyridine rings is 1. The zero-order valence-electron chi connectivity index (χ0n) is 21.5. The van der Waals surface area contributed by atoms with Gasteiger partial charge in [-0.3, -0.25) is 9.78 Å². The monoisotopic (exact) mass is 561 g/mol. The van der Waals surface area contributed by atoms with Crippen molar-refractivity contribution in [1.82, 2.24) is 10.3 Å². The Morgan fingerprint density at radius 3 is 2.44 bits per heavy atom. The number of rotatable bonds is 7. The van der Waals surface area contributed by atoms with Crippen molar-refractivity contribution < 1.29 is 31.1 Å². The molecule has 1 heterocycles. The number of nitriles is 1. The molecular weight excluding hydrogens is 531 g/mol. The molecule has 5 rings (SSSR count). The first kappa shape index (κ1) is 27.6. The summed E-state index contributed by atoms with van der Waals surface area (Å²) in [6.07, 6.45) is -0.0343. The van der Waals surface area contributed by atoms with Crippen LogP contribution in [0.5, 0.6) is 0 Å². The Hall–Kier alpha value is -2.97. The van der Waals surface area contributed by atoms with Gasteiger partial charge in [0, 0.05) is 11.9 Å². The number of carbonyl (C=O) groups excluding carboxylic acids is 1. The normalized spacial score (nSPS) is 24.8. The summed E-state index contributed by atoms with van der Waals surface area (Å²) >= 11 is 0. The molecule has 0 aliphatic heterocycles. The lowest BCUT2D eigenvalue weighted by atomic mass is 10.0. The summed E-state index contributed by atoms with van der Waals surface area (Å²) in [5.74, 6) is -1.35. The van der Waals surface area contributed by atoms with E-state index in [1.165, 1.54) is 12.3 Å². The van der Waals surface area contributed by atoms with E-state index in [4.69, 9.17) is 4.74 Å². The highest BCUT2D eigenvalue weighted by Gasteiger charge is 2.51. The molecule has 11 heteroatoms. The lowest BCUT2D eigenvalue weighted by Gasteiger charge is -2.24. The number of halogens is 3. The van der Waals surface area contributed by atoms with Crippen molar-refractivity contribution in [2.24, 2.45) is 5.92 Å². The standard InChI is InChI=1S/C28H30F3N3O4S/c1-17-12-19(8-11-33-17)18-6-7-25(23(13-18)28(29,30)31)39(36,37)21-14-22(26(35)34-27(16-32)9-10-27)24(15-21)38-20-4-2-3-5-20/h6-8,11-13,20-22,24H,2-5,9-10,14-15H2,1H3,(H,34,35)/t21?,22-,24-/m1/s1. The van der Waals surface area contributed by atoms with Gasteiger partial charge in [-0.2, -0.15) is 18.4 Å². The van der Waals surface area contributed by atoms with Crippen LogP contribution in [0.2, 0.25) is 0 Å². The molecule has 0 spiro atoms. The van der Waals surface area contributed by atoms with E-state index in [9.17, 15) is 31.6 Å². The minimum Gasteiger partial charge on any atom is -0.374 e. The van der Waals surface area contributed by atoms with Crippen LogP contribution >= 0.6 is 0 Å². The number of aromatic nitrogens is 1. The van der Waals surface area contributed by atoms with E-state index in [1.807, 2.05) is 0 Å². The molecule has 3 saturated carbocycles. The van der Waals surface area contributed by atoms with E-state index in [1.54, 1.807) is 19.1 Å². The summed E-state index contributed by atoms with van der Waals surface area (Å²) in [6, 6.07) is 8.52. The van der Waals surface area contributed by atoms with Crippen LogP contribution in [0.25, 0.3) is 11.1 Å². The van der Waals surface area contributed by atoms with Gasteiger partial charge < -0.3 is 10.1 Å². The van der Waals surface area contributed by atoms with E-state index >= 15 is 0 Å². The van der Waals surface area contributed by atoms with Crippen LogP contribution < -0.4 is 5.32 Å². The fourth-order valence-electron chi connectivity index (χ4n) is 5.71. The number of hydrogen-bond acceptors (Lipinski definition) is 6. The Morgan fingerprint density at radius 1 is 1.13 bits per heavy atom. The molecule has 39 heavy (non-hydrogen) atoms. The highest BCUT2D eigenvalue weighted by atomic mass is 32.2. The number of hydrogen-bond donors (Lipinski definition) is 1. The average Bonchev–Trinajstić information content (AvgIpc) is 3.25. The minimum absolute atomic E-state index is 0.0843. The van der Waals surface area contributed by atoms with Gasteiger partial charge in [0.2, 0.25) is 5.91 Å². The van der Waals surface area contributed by atoms with Crippen LogP contribution in [-0.2, 0) is 25.5 Å². The molecule has 3 aliphatic carbocycles. The molecule has 2 aromatic rings. The first-order valence-corrected chi connectivity index (χ1v) is 14.7. The second-order valence-corrected chi connectivity index (χ2v) is 13.1. The maximum Gasteiger partial charge on any atom is 0.417 e. The number of sulfone groups is 1. The second kappa shape index (κ2) is 10.2. The van der Waals surface area contributed by atoms with Gasteiger partial charge in [-0.25, -0.2) is 8.42 Å². The minimum atomic E-state index is -4.92. The molecule has 0 bridgehead atoms. The number of benzene rings is 1. The van der Waals surface area contributed by atoms with E-state index in [0.717, 1.165) is 37.8 Å². The molecule has 1 amide bonds. The van der Waals surface area contributed by atoms with Gasteiger partial charge in [0.15, 0.2) is 9.84 Å². The van der Waals surface area contributed by atoms with Gasteiger partial charge >= 0.3 is 6.18 Å². The number of ether oxygens (including phenoxy) is 1. The highest BCUT2D eigenvalue weighted by molar-refractivity contribution is 7.92. The van der Waals surface area contributed by atoms with Crippen molar-refractivity contribution in [2.45, 2.75) is 92.4 Å². The number of aryl methyl sites for hydroxylation is 1.